The van der Waals surface area contributed by atoms with Crippen molar-refractivity contribution in [1.29, 1.82) is 0 Å². The lowest BCUT2D eigenvalue weighted by molar-refractivity contribution is 0.104. The van der Waals surface area contributed by atoms with E-state index >= 15 is 0 Å². The number of pyridine rings is 1. The largest absolute Gasteiger partial charge is 0.393 e. The van der Waals surface area contributed by atoms with Crippen LogP contribution in [-0.4, -0.2) is 22.7 Å². The van der Waals surface area contributed by atoms with Crippen LogP contribution in [0.1, 0.15) is 25.7 Å². The fraction of sp³-hybridized carbons (Fsp3) is 0.583. The summed E-state index contributed by atoms with van der Waals surface area (Å²) in [6.07, 6.45) is 4.04. The molecular weight excluding hydrogens is 202 g/mol. The van der Waals surface area contributed by atoms with Crippen molar-refractivity contribution in [3.05, 3.63) is 18.2 Å². The smallest absolute Gasteiger partial charge is 0.128 e. The first-order valence-electron chi connectivity index (χ1n) is 5.88. The van der Waals surface area contributed by atoms with Gasteiger partial charge in [0, 0.05) is 6.54 Å². The molecular formula is C12H19N3O. The van der Waals surface area contributed by atoms with E-state index in [-0.39, 0.29) is 6.10 Å². The van der Waals surface area contributed by atoms with Crippen LogP contribution in [0.3, 0.4) is 0 Å². The van der Waals surface area contributed by atoms with Crippen molar-refractivity contribution in [3.8, 4) is 0 Å². The third-order valence-corrected chi connectivity index (χ3v) is 3.10. The van der Waals surface area contributed by atoms with Crippen LogP contribution in [0.5, 0.6) is 0 Å². The van der Waals surface area contributed by atoms with Gasteiger partial charge in [0.15, 0.2) is 0 Å². The van der Waals surface area contributed by atoms with Gasteiger partial charge < -0.3 is 16.2 Å². The molecule has 88 valence electrons. The number of nitrogens with zero attached hydrogens (tertiary/aromatic N) is 1. The van der Waals surface area contributed by atoms with E-state index in [0.29, 0.717) is 11.7 Å². The number of hydrogen-bond donors (Lipinski definition) is 3. The van der Waals surface area contributed by atoms with E-state index in [4.69, 9.17) is 5.73 Å². The van der Waals surface area contributed by atoms with Gasteiger partial charge in [-0.25, -0.2) is 4.98 Å². The van der Waals surface area contributed by atoms with E-state index in [9.17, 15) is 5.11 Å². The zero-order valence-electron chi connectivity index (χ0n) is 9.39. The molecule has 0 aliphatic heterocycles. The molecule has 0 saturated heterocycles. The second-order valence-corrected chi connectivity index (χ2v) is 4.52. The van der Waals surface area contributed by atoms with Gasteiger partial charge in [-0.15, -0.1) is 0 Å². The van der Waals surface area contributed by atoms with Crippen LogP contribution in [0.15, 0.2) is 18.2 Å². The predicted octanol–water partition coefficient (Wildman–Crippen LogP) is 1.63. The van der Waals surface area contributed by atoms with Gasteiger partial charge in [0.1, 0.15) is 11.6 Å². The van der Waals surface area contributed by atoms with Gasteiger partial charge in [-0.1, -0.05) is 12.5 Å². The molecule has 1 aliphatic carbocycles. The monoisotopic (exact) mass is 221 g/mol. The van der Waals surface area contributed by atoms with Crippen molar-refractivity contribution in [2.24, 2.45) is 5.92 Å². The normalized spacial score (nSPS) is 25.3. The summed E-state index contributed by atoms with van der Waals surface area (Å²) in [5, 5.41) is 12.8. The van der Waals surface area contributed by atoms with Crippen LogP contribution < -0.4 is 11.1 Å². The van der Waals surface area contributed by atoms with Crippen molar-refractivity contribution in [2.45, 2.75) is 31.8 Å². The maximum Gasteiger partial charge on any atom is 0.128 e. The van der Waals surface area contributed by atoms with E-state index in [1.54, 1.807) is 6.07 Å². The predicted molar refractivity (Wildman–Crippen MR) is 65.1 cm³/mol. The molecule has 0 radical (unpaired) electrons. The molecule has 1 heterocycles. The first-order chi connectivity index (χ1) is 7.74. The van der Waals surface area contributed by atoms with Crippen LogP contribution >= 0.6 is 0 Å². The number of nitrogen functional groups attached to an aromatic ring is 1. The van der Waals surface area contributed by atoms with Gasteiger partial charge in [-0.2, -0.15) is 0 Å². The third-order valence-electron chi connectivity index (χ3n) is 3.10. The fourth-order valence-electron chi connectivity index (χ4n) is 2.25. The number of nitrogens with two attached hydrogens (primary N) is 1. The van der Waals surface area contributed by atoms with Crippen molar-refractivity contribution in [3.63, 3.8) is 0 Å². The molecule has 16 heavy (non-hydrogen) atoms. The molecule has 4 heteroatoms. The van der Waals surface area contributed by atoms with E-state index in [2.05, 4.69) is 10.3 Å². The Labute approximate surface area is 95.9 Å². The molecule has 2 unspecified atom stereocenters. The van der Waals surface area contributed by atoms with Crippen LogP contribution in [0.4, 0.5) is 11.6 Å². The third kappa shape index (κ3) is 3.10. The van der Waals surface area contributed by atoms with Gasteiger partial charge in [0.05, 0.1) is 6.10 Å². The summed E-state index contributed by atoms with van der Waals surface area (Å²) >= 11 is 0. The Bertz CT molecular complexity index is 343. The molecule has 0 amide bonds. The molecule has 1 aromatic rings. The summed E-state index contributed by atoms with van der Waals surface area (Å²) in [5.41, 5.74) is 5.60. The average Bonchev–Trinajstić information content (AvgIpc) is 2.27. The highest BCUT2D eigenvalue weighted by Crippen LogP contribution is 2.24. The minimum atomic E-state index is -0.116. The van der Waals surface area contributed by atoms with Crippen LogP contribution in [0.25, 0.3) is 0 Å². The number of hydrogen-bond acceptors (Lipinski definition) is 4. The molecule has 4 nitrogen and oxygen atoms in total. The summed E-state index contributed by atoms with van der Waals surface area (Å²) in [6.45, 7) is 0.869. The number of anilines is 2. The summed E-state index contributed by atoms with van der Waals surface area (Å²) in [7, 11) is 0. The molecule has 1 aromatic heterocycles. The Kier molecular flexibility index (Phi) is 3.62. The Hall–Kier alpha value is -1.29. The van der Waals surface area contributed by atoms with Gasteiger partial charge >= 0.3 is 0 Å². The van der Waals surface area contributed by atoms with E-state index in [0.717, 1.165) is 31.6 Å². The Morgan fingerprint density at radius 1 is 1.44 bits per heavy atom. The number of rotatable bonds is 3. The molecule has 0 spiro atoms. The summed E-state index contributed by atoms with van der Waals surface area (Å²) in [5.74, 6) is 1.90. The average molecular weight is 221 g/mol. The van der Waals surface area contributed by atoms with Gasteiger partial charge in [-0.3, -0.25) is 0 Å². The summed E-state index contributed by atoms with van der Waals surface area (Å²) in [6, 6.07) is 5.57. The van der Waals surface area contributed by atoms with Gasteiger partial charge in [0.25, 0.3) is 0 Å². The Balaban J connectivity index is 1.82. The molecule has 4 N–H and O–H groups in total. The van der Waals surface area contributed by atoms with Gasteiger partial charge in [0.2, 0.25) is 0 Å². The minimum absolute atomic E-state index is 0.116. The number of nitrogens with one attached hydrogen (secondary N) is 1. The van der Waals surface area contributed by atoms with E-state index in [1.807, 2.05) is 12.1 Å². The first-order valence-corrected chi connectivity index (χ1v) is 5.88. The highest BCUT2D eigenvalue weighted by molar-refractivity contribution is 5.42. The maximum atomic E-state index is 9.56. The van der Waals surface area contributed by atoms with Crippen molar-refractivity contribution in [1.82, 2.24) is 4.98 Å². The molecule has 2 atom stereocenters. The molecule has 1 fully saturated rings. The highest BCUT2D eigenvalue weighted by atomic mass is 16.3. The second-order valence-electron chi connectivity index (χ2n) is 4.52. The second kappa shape index (κ2) is 5.16. The summed E-state index contributed by atoms with van der Waals surface area (Å²) < 4.78 is 0. The van der Waals surface area contributed by atoms with Crippen LogP contribution in [0.2, 0.25) is 0 Å². The SMILES string of the molecule is Nc1cccc(NCC2CCCC(O)C2)n1. The lowest BCUT2D eigenvalue weighted by Crippen LogP contribution is -2.25. The number of aromatic nitrogens is 1. The number of aliphatic hydroxyl groups is 1. The van der Waals surface area contributed by atoms with Crippen molar-refractivity contribution >= 4 is 11.6 Å². The van der Waals surface area contributed by atoms with Crippen molar-refractivity contribution < 1.29 is 5.11 Å². The highest BCUT2D eigenvalue weighted by Gasteiger charge is 2.19. The minimum Gasteiger partial charge on any atom is -0.393 e. The van der Waals surface area contributed by atoms with E-state index in [1.165, 1.54) is 6.42 Å². The standard InChI is InChI=1S/C12H19N3O/c13-11-5-2-6-12(15-11)14-8-9-3-1-4-10(16)7-9/h2,5-6,9-10,16H,1,3-4,7-8H2,(H3,13,14,15). The quantitative estimate of drug-likeness (QED) is 0.725. The topological polar surface area (TPSA) is 71.2 Å². The molecule has 2 rings (SSSR count). The summed E-state index contributed by atoms with van der Waals surface area (Å²) in [4.78, 5) is 4.18. The maximum absolute atomic E-state index is 9.56. The molecule has 1 aliphatic rings. The Morgan fingerprint density at radius 2 is 2.31 bits per heavy atom. The van der Waals surface area contributed by atoms with Gasteiger partial charge in [-0.05, 0) is 37.3 Å². The molecule has 0 bridgehead atoms. The van der Waals surface area contributed by atoms with Crippen LogP contribution in [0, 0.1) is 5.92 Å². The number of aliphatic hydroxyl groups excluding tert-OH is 1. The lowest BCUT2D eigenvalue weighted by Gasteiger charge is -2.26. The fourth-order valence-corrected chi connectivity index (χ4v) is 2.25. The molecule has 0 aromatic carbocycles. The lowest BCUT2D eigenvalue weighted by atomic mass is 9.87. The van der Waals surface area contributed by atoms with E-state index < -0.39 is 0 Å². The van der Waals surface area contributed by atoms with Crippen molar-refractivity contribution in [2.75, 3.05) is 17.6 Å². The first kappa shape index (κ1) is 11.2. The Morgan fingerprint density at radius 3 is 3.06 bits per heavy atom. The zero-order chi connectivity index (χ0) is 11.4. The van der Waals surface area contributed by atoms with Crippen LogP contribution in [-0.2, 0) is 0 Å². The molecule has 1 saturated carbocycles. The zero-order valence-corrected chi connectivity index (χ0v) is 9.39.